The fourth-order valence-corrected chi connectivity index (χ4v) is 2.20. The van der Waals surface area contributed by atoms with Crippen LogP contribution in [0.15, 0.2) is 36.4 Å². The number of nitro groups is 1. The van der Waals surface area contributed by atoms with Crippen molar-refractivity contribution in [3.63, 3.8) is 0 Å². The first-order valence-electron chi connectivity index (χ1n) is 6.99. The number of nitrogens with one attached hydrogen (secondary N) is 1. The lowest BCUT2D eigenvalue weighted by atomic mass is 10.1. The molecule has 0 radical (unpaired) electrons. The van der Waals surface area contributed by atoms with Gasteiger partial charge in [0.2, 0.25) is 0 Å². The predicted octanol–water partition coefficient (Wildman–Crippen LogP) is 4.84. The van der Waals surface area contributed by atoms with E-state index in [1.165, 1.54) is 32.0 Å². The Balaban J connectivity index is 2.17. The number of carbonyl (C=O) groups is 1. The SMILES string of the molecule is Cc1cc([N+](=O)[O-])cc(C)c1OC(=O)Nc1cccc(C(F)(F)F)c1. The van der Waals surface area contributed by atoms with Gasteiger partial charge in [-0.15, -0.1) is 0 Å². The first kappa shape index (κ1) is 18.2. The van der Waals surface area contributed by atoms with Crippen molar-refractivity contribution in [3.05, 3.63) is 63.2 Å². The van der Waals surface area contributed by atoms with Crippen LogP contribution < -0.4 is 10.1 Å². The molecule has 0 aliphatic carbocycles. The third-order valence-electron chi connectivity index (χ3n) is 3.29. The van der Waals surface area contributed by atoms with Gasteiger partial charge in [-0.2, -0.15) is 13.2 Å². The topological polar surface area (TPSA) is 81.5 Å². The summed E-state index contributed by atoms with van der Waals surface area (Å²) in [4.78, 5) is 22.1. The molecule has 0 saturated carbocycles. The van der Waals surface area contributed by atoms with E-state index in [4.69, 9.17) is 4.74 Å². The maximum Gasteiger partial charge on any atom is 0.417 e. The first-order chi connectivity index (χ1) is 11.6. The number of carbonyl (C=O) groups excluding carboxylic acids is 1. The molecule has 0 atom stereocenters. The highest BCUT2D eigenvalue weighted by Gasteiger charge is 2.30. The summed E-state index contributed by atoms with van der Waals surface area (Å²) in [5.41, 5.74) is -0.442. The number of non-ortho nitro benzene ring substituents is 1. The van der Waals surface area contributed by atoms with Crippen LogP contribution in [0.4, 0.5) is 29.3 Å². The second kappa shape index (κ2) is 6.80. The first-order valence-corrected chi connectivity index (χ1v) is 6.99. The number of anilines is 1. The van der Waals surface area contributed by atoms with Crippen LogP contribution in [0, 0.1) is 24.0 Å². The Morgan fingerprint density at radius 2 is 1.76 bits per heavy atom. The Kier molecular flexibility index (Phi) is 4.96. The lowest BCUT2D eigenvalue weighted by Gasteiger charge is -2.12. The van der Waals surface area contributed by atoms with Crippen molar-refractivity contribution in [2.75, 3.05) is 5.32 Å². The highest BCUT2D eigenvalue weighted by Crippen LogP contribution is 2.31. The van der Waals surface area contributed by atoms with E-state index in [-0.39, 0.29) is 17.1 Å². The molecule has 0 saturated heterocycles. The number of aryl methyl sites for hydroxylation is 2. The third kappa shape index (κ3) is 4.46. The second-order valence-electron chi connectivity index (χ2n) is 5.26. The largest absolute Gasteiger partial charge is 0.417 e. The average molecular weight is 354 g/mol. The lowest BCUT2D eigenvalue weighted by molar-refractivity contribution is -0.385. The van der Waals surface area contributed by atoms with Crippen LogP contribution in [0.25, 0.3) is 0 Å². The van der Waals surface area contributed by atoms with Crippen LogP contribution in [0.2, 0.25) is 0 Å². The smallest absolute Gasteiger partial charge is 0.410 e. The summed E-state index contributed by atoms with van der Waals surface area (Å²) in [6.07, 6.45) is -5.54. The van der Waals surface area contributed by atoms with E-state index in [2.05, 4.69) is 5.32 Å². The van der Waals surface area contributed by atoms with Crippen LogP contribution in [0.3, 0.4) is 0 Å². The summed E-state index contributed by atoms with van der Waals surface area (Å²) in [6, 6.07) is 6.56. The van der Waals surface area contributed by atoms with Gasteiger partial charge in [-0.3, -0.25) is 15.4 Å². The predicted molar refractivity (Wildman–Crippen MR) is 83.7 cm³/mol. The minimum atomic E-state index is -4.53. The summed E-state index contributed by atoms with van der Waals surface area (Å²) < 4.78 is 43.1. The Bertz CT molecular complexity index is 811. The fraction of sp³-hybridized carbons (Fsp3) is 0.188. The molecule has 2 aromatic carbocycles. The number of hydrogen-bond donors (Lipinski definition) is 1. The number of benzene rings is 2. The minimum absolute atomic E-state index is 0.0861. The molecule has 0 aliphatic rings. The van der Waals surface area contributed by atoms with E-state index in [0.717, 1.165) is 18.2 Å². The van der Waals surface area contributed by atoms with Gasteiger partial charge in [-0.05, 0) is 43.2 Å². The molecule has 0 unspecified atom stereocenters. The normalized spacial score (nSPS) is 11.1. The second-order valence-corrected chi connectivity index (χ2v) is 5.26. The Labute approximate surface area is 140 Å². The standard InChI is InChI=1S/C16H13F3N2O4/c1-9-6-13(21(23)24)7-10(2)14(9)25-15(22)20-12-5-3-4-11(8-12)16(17,18)19/h3-8H,1-2H3,(H,20,22). The van der Waals surface area contributed by atoms with E-state index in [0.29, 0.717) is 11.1 Å². The van der Waals surface area contributed by atoms with Crippen molar-refractivity contribution in [2.24, 2.45) is 0 Å². The van der Waals surface area contributed by atoms with Crippen LogP contribution in [-0.2, 0) is 6.18 Å². The number of nitro benzene ring substituents is 1. The van der Waals surface area contributed by atoms with Crippen LogP contribution in [0.1, 0.15) is 16.7 Å². The van der Waals surface area contributed by atoms with Crippen LogP contribution in [0.5, 0.6) is 5.75 Å². The zero-order valence-electron chi connectivity index (χ0n) is 13.2. The van der Waals surface area contributed by atoms with Crippen molar-refractivity contribution in [3.8, 4) is 5.75 Å². The number of nitrogens with zero attached hydrogens (tertiary/aromatic N) is 1. The van der Waals surface area contributed by atoms with Gasteiger partial charge < -0.3 is 4.74 Å². The quantitative estimate of drug-likeness (QED) is 0.631. The molecule has 0 aliphatic heterocycles. The number of halogens is 3. The molecule has 6 nitrogen and oxygen atoms in total. The van der Waals surface area contributed by atoms with Crippen molar-refractivity contribution in [1.82, 2.24) is 0 Å². The average Bonchev–Trinajstić information content (AvgIpc) is 2.50. The Hall–Kier alpha value is -3.10. The van der Waals surface area contributed by atoms with Crippen LogP contribution >= 0.6 is 0 Å². The molecule has 0 aromatic heterocycles. The van der Waals surface area contributed by atoms with Crippen molar-refractivity contribution in [1.29, 1.82) is 0 Å². The molecule has 9 heteroatoms. The maximum atomic E-state index is 12.7. The Morgan fingerprint density at radius 3 is 2.28 bits per heavy atom. The summed E-state index contributed by atoms with van der Waals surface area (Å²) >= 11 is 0. The number of amides is 1. The van der Waals surface area contributed by atoms with Gasteiger partial charge in [0.1, 0.15) is 5.75 Å². The van der Waals surface area contributed by atoms with Gasteiger partial charge >= 0.3 is 12.3 Å². The van der Waals surface area contributed by atoms with E-state index < -0.39 is 22.8 Å². The van der Waals surface area contributed by atoms with Gasteiger partial charge in [0.25, 0.3) is 5.69 Å². The molecule has 0 bridgehead atoms. The molecular formula is C16H13F3N2O4. The summed E-state index contributed by atoms with van der Waals surface area (Å²) in [7, 11) is 0. The van der Waals surface area contributed by atoms with Gasteiger partial charge in [0, 0.05) is 17.8 Å². The molecule has 0 spiro atoms. The van der Waals surface area contributed by atoms with Gasteiger partial charge in [-0.1, -0.05) is 6.07 Å². The van der Waals surface area contributed by atoms with E-state index >= 15 is 0 Å². The van der Waals surface area contributed by atoms with E-state index in [1.54, 1.807) is 0 Å². The van der Waals surface area contributed by atoms with Gasteiger partial charge in [0.05, 0.1) is 10.5 Å². The molecule has 2 aromatic rings. The van der Waals surface area contributed by atoms with Gasteiger partial charge in [0.15, 0.2) is 0 Å². The van der Waals surface area contributed by atoms with Gasteiger partial charge in [-0.25, -0.2) is 4.79 Å². The molecule has 132 valence electrons. The number of rotatable bonds is 3. The Morgan fingerprint density at radius 1 is 1.16 bits per heavy atom. The molecule has 0 fully saturated rings. The summed E-state index contributed by atoms with van der Waals surface area (Å²) in [5.74, 6) is 0.107. The maximum absolute atomic E-state index is 12.7. The lowest BCUT2D eigenvalue weighted by Crippen LogP contribution is -2.18. The zero-order valence-corrected chi connectivity index (χ0v) is 13.2. The zero-order chi connectivity index (χ0) is 18.8. The highest BCUT2D eigenvalue weighted by molar-refractivity contribution is 5.86. The molecule has 0 heterocycles. The molecular weight excluding hydrogens is 341 g/mol. The molecule has 25 heavy (non-hydrogen) atoms. The van der Waals surface area contributed by atoms with Crippen LogP contribution in [-0.4, -0.2) is 11.0 Å². The minimum Gasteiger partial charge on any atom is -0.410 e. The molecule has 2 rings (SSSR count). The number of alkyl halides is 3. The van der Waals surface area contributed by atoms with Crippen molar-refractivity contribution in [2.45, 2.75) is 20.0 Å². The molecule has 1 N–H and O–H groups in total. The highest BCUT2D eigenvalue weighted by atomic mass is 19.4. The molecule has 1 amide bonds. The number of ether oxygens (including phenoxy) is 1. The van der Waals surface area contributed by atoms with Crippen molar-refractivity contribution >= 4 is 17.5 Å². The fourth-order valence-electron chi connectivity index (χ4n) is 2.20. The van der Waals surface area contributed by atoms with E-state index in [1.807, 2.05) is 0 Å². The van der Waals surface area contributed by atoms with E-state index in [9.17, 15) is 28.1 Å². The van der Waals surface area contributed by atoms with Crippen molar-refractivity contribution < 1.29 is 27.6 Å². The number of hydrogen-bond acceptors (Lipinski definition) is 4. The monoisotopic (exact) mass is 354 g/mol. The third-order valence-corrected chi connectivity index (χ3v) is 3.29. The summed E-state index contributed by atoms with van der Waals surface area (Å²) in [5, 5.41) is 13.0. The summed E-state index contributed by atoms with van der Waals surface area (Å²) in [6.45, 7) is 3.04.